The average Bonchev–Trinajstić information content (AvgIpc) is 2.73. The van der Waals surface area contributed by atoms with E-state index in [0.29, 0.717) is 0 Å². The lowest BCUT2D eigenvalue weighted by atomic mass is 9.84. The van der Waals surface area contributed by atoms with Gasteiger partial charge in [0.2, 0.25) is 5.91 Å². The van der Waals surface area contributed by atoms with Gasteiger partial charge in [-0.25, -0.2) is 0 Å². The number of rotatable bonds is 2. The summed E-state index contributed by atoms with van der Waals surface area (Å²) in [4.78, 5) is 24.5. The summed E-state index contributed by atoms with van der Waals surface area (Å²) in [6.45, 7) is 7.45. The molecule has 5 heteroatoms. The summed E-state index contributed by atoms with van der Waals surface area (Å²) in [6, 6.07) is 15.1. The van der Waals surface area contributed by atoms with Crippen molar-refractivity contribution in [3.63, 3.8) is 0 Å². The van der Waals surface area contributed by atoms with Gasteiger partial charge < -0.3 is 5.32 Å². The van der Waals surface area contributed by atoms with E-state index in [1.54, 1.807) is 12.4 Å². The predicted octanol–water partition coefficient (Wildman–Crippen LogP) is 6.23. The first kappa shape index (κ1) is 24.4. The summed E-state index contributed by atoms with van der Waals surface area (Å²) >= 11 is 0. The van der Waals surface area contributed by atoms with E-state index in [0.717, 1.165) is 18.5 Å². The van der Waals surface area contributed by atoms with Crippen molar-refractivity contribution in [1.82, 2.24) is 4.98 Å². The summed E-state index contributed by atoms with van der Waals surface area (Å²) in [7, 11) is 0. The number of hydrogen-bond acceptors (Lipinski definition) is 4. The van der Waals surface area contributed by atoms with E-state index in [2.05, 4.69) is 15.5 Å². The Morgan fingerprint density at radius 1 is 0.963 bits per heavy atom. The molecule has 1 saturated carbocycles. The molecule has 0 atom stereocenters. The summed E-state index contributed by atoms with van der Waals surface area (Å²) in [5.74, 6) is -0.0359. The maximum atomic E-state index is 10.5. The van der Waals surface area contributed by atoms with Gasteiger partial charge in [0.1, 0.15) is 0 Å². The highest BCUT2D eigenvalue weighted by molar-refractivity contribution is 5.88. The third-order valence-electron chi connectivity index (χ3n) is 3.81. The van der Waals surface area contributed by atoms with Crippen LogP contribution in [0.2, 0.25) is 0 Å². The zero-order chi connectivity index (χ0) is 20.4. The number of anilines is 1. The predicted molar refractivity (Wildman–Crippen MR) is 114 cm³/mol. The molecule has 27 heavy (non-hydrogen) atoms. The van der Waals surface area contributed by atoms with E-state index in [4.69, 9.17) is 0 Å². The molecule has 2 aromatic rings. The normalized spacial score (nSPS) is 13.8. The quantitative estimate of drug-likeness (QED) is 0.636. The highest BCUT2D eigenvalue weighted by Crippen LogP contribution is 2.30. The first-order valence-electron chi connectivity index (χ1n) is 9.58. The largest absolute Gasteiger partial charge is 0.326 e. The monoisotopic (exact) mass is 371 g/mol. The lowest BCUT2D eigenvalue weighted by Crippen LogP contribution is -2.23. The Hall–Kier alpha value is -2.56. The number of benzene rings is 1. The molecule has 0 spiro atoms. The van der Waals surface area contributed by atoms with Gasteiger partial charge in [-0.3, -0.25) is 9.78 Å². The fraction of sp³-hybridized carbons (Fsp3) is 0.455. The molecule has 1 aliphatic carbocycles. The third-order valence-corrected chi connectivity index (χ3v) is 3.81. The SMILES string of the molecule is CC.CC(=O)Nc1ccccc1.CC1(N=O)CCCCC1.c1ccncc1. The van der Waals surface area contributed by atoms with Crippen molar-refractivity contribution in [2.75, 3.05) is 5.32 Å². The molecule has 0 saturated heterocycles. The minimum absolute atomic E-state index is 0.0359. The Kier molecular flexibility index (Phi) is 14.2. The number of carbonyl (C=O) groups excluding carboxylic acids is 1. The Labute approximate surface area is 163 Å². The molecule has 0 bridgehead atoms. The van der Waals surface area contributed by atoms with Crippen LogP contribution in [0, 0.1) is 4.91 Å². The van der Waals surface area contributed by atoms with Crippen LogP contribution in [0.5, 0.6) is 0 Å². The Bertz CT molecular complexity index is 571. The molecule has 1 aromatic carbocycles. The topological polar surface area (TPSA) is 71.4 Å². The molecule has 0 unspecified atom stereocenters. The van der Waals surface area contributed by atoms with Gasteiger partial charge in [0, 0.05) is 25.0 Å². The van der Waals surface area contributed by atoms with Crippen molar-refractivity contribution in [2.24, 2.45) is 5.18 Å². The van der Waals surface area contributed by atoms with Crippen molar-refractivity contribution in [3.8, 4) is 0 Å². The molecule has 0 radical (unpaired) electrons. The number of hydrogen-bond donors (Lipinski definition) is 1. The van der Waals surface area contributed by atoms with E-state index in [-0.39, 0.29) is 11.4 Å². The van der Waals surface area contributed by atoms with Crippen molar-refractivity contribution in [1.29, 1.82) is 0 Å². The molecule has 1 amide bonds. The van der Waals surface area contributed by atoms with E-state index in [1.165, 1.54) is 26.2 Å². The lowest BCUT2D eigenvalue weighted by molar-refractivity contribution is -0.114. The molecule has 1 N–H and O–H groups in total. The molecule has 0 aliphatic heterocycles. The number of carbonyl (C=O) groups is 1. The van der Waals surface area contributed by atoms with Crippen LogP contribution in [0.1, 0.15) is 59.8 Å². The van der Waals surface area contributed by atoms with Gasteiger partial charge in [0.25, 0.3) is 0 Å². The van der Waals surface area contributed by atoms with Crippen LogP contribution in [-0.2, 0) is 4.79 Å². The van der Waals surface area contributed by atoms with Crippen molar-refractivity contribution < 1.29 is 4.79 Å². The van der Waals surface area contributed by atoms with E-state index in [1.807, 2.05) is 69.3 Å². The van der Waals surface area contributed by atoms with Gasteiger partial charge in [0.15, 0.2) is 0 Å². The summed E-state index contributed by atoms with van der Waals surface area (Å²) in [6.07, 6.45) is 9.14. The molecule has 148 valence electrons. The molecule has 1 heterocycles. The smallest absolute Gasteiger partial charge is 0.221 e. The van der Waals surface area contributed by atoms with Crippen LogP contribution in [0.15, 0.2) is 66.1 Å². The molecule has 3 rings (SSSR count). The Morgan fingerprint density at radius 2 is 1.48 bits per heavy atom. The van der Waals surface area contributed by atoms with Gasteiger partial charge in [0.05, 0.1) is 5.54 Å². The molecule has 1 fully saturated rings. The van der Waals surface area contributed by atoms with E-state index in [9.17, 15) is 9.70 Å². The highest BCUT2D eigenvalue weighted by atomic mass is 16.3. The maximum absolute atomic E-state index is 10.5. The number of para-hydroxylation sites is 1. The highest BCUT2D eigenvalue weighted by Gasteiger charge is 2.27. The number of pyridine rings is 1. The van der Waals surface area contributed by atoms with Crippen LogP contribution in [0.4, 0.5) is 5.69 Å². The van der Waals surface area contributed by atoms with Crippen molar-refractivity contribution in [3.05, 3.63) is 65.8 Å². The fourth-order valence-corrected chi connectivity index (χ4v) is 2.44. The maximum Gasteiger partial charge on any atom is 0.221 e. The molecule has 1 aliphatic rings. The van der Waals surface area contributed by atoms with Crippen molar-refractivity contribution in [2.45, 2.75) is 65.3 Å². The third kappa shape index (κ3) is 13.3. The summed E-state index contributed by atoms with van der Waals surface area (Å²) < 4.78 is 0. The van der Waals surface area contributed by atoms with Crippen LogP contribution in [-0.4, -0.2) is 16.4 Å². The first-order valence-corrected chi connectivity index (χ1v) is 9.58. The van der Waals surface area contributed by atoms with Crippen LogP contribution >= 0.6 is 0 Å². The van der Waals surface area contributed by atoms with Gasteiger partial charge >= 0.3 is 0 Å². The van der Waals surface area contributed by atoms with Crippen LogP contribution in [0.25, 0.3) is 0 Å². The number of nitrogens with zero attached hydrogens (tertiary/aromatic N) is 2. The minimum atomic E-state index is -0.210. The second-order valence-electron chi connectivity index (χ2n) is 6.22. The zero-order valence-corrected chi connectivity index (χ0v) is 17.0. The molecular formula is C22H33N3O2. The van der Waals surface area contributed by atoms with Gasteiger partial charge in [-0.15, -0.1) is 0 Å². The second kappa shape index (κ2) is 15.7. The standard InChI is InChI=1S/C8H9NO.C7H13NO.C5H5N.C2H6/c1-7(10)9-8-5-3-2-4-6-8;1-7(8-9)5-3-2-4-6-7;1-2-4-6-5-3-1;1-2/h2-6H,1H3,(H,9,10);2-6H2,1H3;1-5H;1-2H3. The number of nitroso groups, excluding NO2 is 1. The van der Waals surface area contributed by atoms with E-state index < -0.39 is 0 Å². The lowest BCUT2D eigenvalue weighted by Gasteiger charge is -2.25. The van der Waals surface area contributed by atoms with Gasteiger partial charge in [-0.2, -0.15) is 4.91 Å². The summed E-state index contributed by atoms with van der Waals surface area (Å²) in [5, 5.41) is 5.80. The molecule has 5 nitrogen and oxygen atoms in total. The van der Waals surface area contributed by atoms with Crippen LogP contribution in [0.3, 0.4) is 0 Å². The number of nitrogens with one attached hydrogen (secondary N) is 1. The van der Waals surface area contributed by atoms with Gasteiger partial charge in [-0.1, -0.05) is 62.6 Å². The zero-order valence-electron chi connectivity index (χ0n) is 17.0. The number of amides is 1. The van der Waals surface area contributed by atoms with Crippen LogP contribution < -0.4 is 5.32 Å². The summed E-state index contributed by atoms with van der Waals surface area (Å²) in [5.41, 5.74) is 0.633. The minimum Gasteiger partial charge on any atom is -0.326 e. The first-order chi connectivity index (χ1) is 13.1. The molecular weight excluding hydrogens is 338 g/mol. The van der Waals surface area contributed by atoms with E-state index >= 15 is 0 Å². The Morgan fingerprint density at radius 3 is 1.81 bits per heavy atom. The second-order valence-corrected chi connectivity index (χ2v) is 6.22. The van der Waals surface area contributed by atoms with Crippen molar-refractivity contribution >= 4 is 11.6 Å². The number of aromatic nitrogens is 1. The average molecular weight is 372 g/mol. The van der Waals surface area contributed by atoms with Gasteiger partial charge in [-0.05, 0) is 44.0 Å². The fourth-order valence-electron chi connectivity index (χ4n) is 2.44. The molecule has 1 aromatic heterocycles. The Balaban J connectivity index is 0.000000368.